The number of benzene rings is 6. The van der Waals surface area contributed by atoms with Crippen LogP contribution in [0.3, 0.4) is 0 Å². The van der Waals surface area contributed by atoms with Crippen molar-refractivity contribution in [3.8, 4) is 0 Å². The van der Waals surface area contributed by atoms with Crippen molar-refractivity contribution in [2.75, 3.05) is 0 Å². The van der Waals surface area contributed by atoms with E-state index in [4.69, 9.17) is 0 Å². The second-order valence-corrected chi connectivity index (χ2v) is 17.1. The Kier molecular flexibility index (Phi) is 15.3. The van der Waals surface area contributed by atoms with E-state index in [9.17, 15) is 105 Å². The van der Waals surface area contributed by atoms with Crippen molar-refractivity contribution in [1.29, 1.82) is 0 Å². The quantitative estimate of drug-likeness (QED) is 0.0732. The van der Waals surface area contributed by atoms with Crippen LogP contribution < -0.4 is 26.4 Å². The highest BCUT2D eigenvalue weighted by atomic mass is 32.1. The summed E-state index contributed by atoms with van der Waals surface area (Å²) in [5.74, 6) is 0. The Morgan fingerprint density at radius 2 is 0.573 bits per heavy atom. The molecule has 0 N–H and O–H groups in total. The average molecular weight is 1120 g/mol. The van der Waals surface area contributed by atoms with E-state index in [0.717, 1.165) is 11.4 Å². The van der Waals surface area contributed by atoms with E-state index in [-0.39, 0.29) is 0 Å². The zero-order chi connectivity index (χ0) is 56.3. The smallest absolute Gasteiger partial charge is 0.199 e. The van der Waals surface area contributed by atoms with Gasteiger partial charge in [-0.25, -0.2) is 0 Å². The largest absolute Gasteiger partial charge is 0.416 e. The Morgan fingerprint density at radius 3 is 0.840 bits per heavy atom. The molecule has 0 aliphatic rings. The molecule has 0 atom stereocenters. The monoisotopic (exact) mass is 1120 g/mol. The van der Waals surface area contributed by atoms with E-state index in [1.807, 2.05) is 12.1 Å². The summed E-state index contributed by atoms with van der Waals surface area (Å²) in [7, 11) is 0. The van der Waals surface area contributed by atoms with Crippen LogP contribution in [0.2, 0.25) is 0 Å². The molecule has 0 aliphatic heterocycles. The van der Waals surface area contributed by atoms with Crippen molar-refractivity contribution in [2.45, 2.75) is 60.9 Å². The Morgan fingerprint density at radius 1 is 0.320 bits per heavy atom. The molecule has 0 bridgehead atoms. The van der Waals surface area contributed by atoms with Crippen LogP contribution in [-0.2, 0) is 56.0 Å². The third kappa shape index (κ3) is 13.1. The minimum Gasteiger partial charge on any atom is -0.199 e. The van der Waals surface area contributed by atoms with Gasteiger partial charge < -0.3 is 0 Å². The summed E-state index contributed by atoms with van der Waals surface area (Å²) in [5.41, 5.74) is -28.9. The van der Waals surface area contributed by atoms with Gasteiger partial charge in [-0.15, -0.1) is 12.6 Å². The lowest BCUT2D eigenvalue weighted by molar-refractivity contribution is -0.688. The summed E-state index contributed by atoms with van der Waals surface area (Å²) in [4.78, 5) is 1.02. The third-order valence-corrected chi connectivity index (χ3v) is 11.8. The van der Waals surface area contributed by atoms with E-state index in [0.29, 0.717) is 0 Å². The fourth-order valence-corrected chi connectivity index (χ4v) is 8.59. The number of halogens is 24. The Hall–Kier alpha value is -6.54. The summed E-state index contributed by atoms with van der Waals surface area (Å²) in [5, 5.41) is 2.42. The van der Waals surface area contributed by atoms with Crippen LogP contribution in [0.1, 0.15) is 50.1 Å². The molecule has 1 heterocycles. The first kappa shape index (κ1) is 57.7. The number of rotatable bonds is 6. The first-order valence-corrected chi connectivity index (χ1v) is 21.0. The molecule has 0 saturated carbocycles. The van der Waals surface area contributed by atoms with Crippen LogP contribution in [-0.4, -0.2) is 6.15 Å². The number of alkyl halides is 24. The maximum Gasteiger partial charge on any atom is 0.416 e. The molecule has 1 nitrogen and oxygen atoms in total. The van der Waals surface area contributed by atoms with E-state index in [1.54, 1.807) is 0 Å². The van der Waals surface area contributed by atoms with Gasteiger partial charge in [0.2, 0.25) is 0 Å². The first-order chi connectivity index (χ1) is 34.1. The van der Waals surface area contributed by atoms with Crippen LogP contribution in [0.5, 0.6) is 0 Å². The van der Waals surface area contributed by atoms with Crippen LogP contribution in [0, 0.1) is 0 Å². The number of aromatic nitrogens is 1. The fourth-order valence-electron chi connectivity index (χ4n) is 8.24. The van der Waals surface area contributed by atoms with Gasteiger partial charge in [0.1, 0.15) is 6.15 Å². The summed E-state index contributed by atoms with van der Waals surface area (Å²) in [6, 6.07) is 9.97. The number of fused-ring (bicyclic) bond motifs is 1. The van der Waals surface area contributed by atoms with Gasteiger partial charge in [-0.3, -0.25) is 0 Å². The summed E-state index contributed by atoms with van der Waals surface area (Å²) < 4.78 is 343. The molecular formula is C48H26BF24NS. The standard InChI is InChI=1S/C32H12BF24.C16H13NS/c34-25(35,36)13-1-14(26(37,38)39)6-21(5-13)33(22-7-15(27(40,41)42)2-16(8-22)28(43,44)45,23-9-17(29(46,47)48)3-18(10-23)30(49,50)51)24-11-19(31(52,53)54)4-20(12-24)32(55,56)57;18-16-12-17(10-13-6-2-1-3-7-13)11-14-8-4-5-9-15(14)16/h1-12H;1-9,11-12H,10H2/q-1;/p+1. The lowest BCUT2D eigenvalue weighted by Crippen LogP contribution is -2.75. The van der Waals surface area contributed by atoms with E-state index < -0.39 is 195 Å². The molecule has 75 heavy (non-hydrogen) atoms. The summed E-state index contributed by atoms with van der Waals surface area (Å²) >= 11 is 4.57. The summed E-state index contributed by atoms with van der Waals surface area (Å²) in [6.45, 7) is 0.874. The van der Waals surface area contributed by atoms with Gasteiger partial charge in [0.05, 0.1) is 49.4 Å². The molecule has 0 spiro atoms. The molecule has 0 aliphatic carbocycles. The van der Waals surface area contributed by atoms with Crippen LogP contribution >= 0.6 is 12.6 Å². The number of hydrogen-bond acceptors (Lipinski definition) is 1. The molecule has 1 aromatic heterocycles. The topological polar surface area (TPSA) is 3.88 Å². The molecular weight excluding hydrogens is 1090 g/mol. The van der Waals surface area contributed by atoms with Gasteiger partial charge >= 0.3 is 49.4 Å². The number of hydrogen-bond donors (Lipinski definition) is 1. The van der Waals surface area contributed by atoms with Gasteiger partial charge in [-0.2, -0.15) is 132 Å². The van der Waals surface area contributed by atoms with E-state index >= 15 is 0 Å². The van der Waals surface area contributed by atoms with E-state index in [2.05, 4.69) is 72.1 Å². The average Bonchev–Trinajstić information content (AvgIpc) is 3.27. The highest BCUT2D eigenvalue weighted by Gasteiger charge is 2.47. The first-order valence-electron chi connectivity index (χ1n) is 20.6. The zero-order valence-electron chi connectivity index (χ0n) is 36.5. The van der Waals surface area contributed by atoms with Gasteiger partial charge in [0, 0.05) is 16.3 Å². The van der Waals surface area contributed by atoms with Gasteiger partial charge in [0.15, 0.2) is 18.9 Å². The highest BCUT2D eigenvalue weighted by molar-refractivity contribution is 7.80. The molecule has 27 heteroatoms. The molecule has 0 saturated heterocycles. The molecule has 7 aromatic rings. The van der Waals surface area contributed by atoms with Crippen molar-refractivity contribution >= 4 is 51.4 Å². The minimum absolute atomic E-state index is 0.691. The van der Waals surface area contributed by atoms with Crippen molar-refractivity contribution < 1.29 is 110 Å². The molecule has 7 rings (SSSR count). The van der Waals surface area contributed by atoms with Crippen molar-refractivity contribution in [3.63, 3.8) is 0 Å². The van der Waals surface area contributed by atoms with Crippen molar-refractivity contribution in [2.24, 2.45) is 0 Å². The van der Waals surface area contributed by atoms with Gasteiger partial charge in [-0.1, -0.05) is 97.1 Å². The van der Waals surface area contributed by atoms with Crippen LogP contribution in [0.25, 0.3) is 10.8 Å². The maximum atomic E-state index is 14.2. The Bertz CT molecular complexity index is 2760. The predicted octanol–water partition coefficient (Wildman–Crippen LogP) is 14.7. The second-order valence-electron chi connectivity index (χ2n) is 16.6. The SMILES string of the molecule is FC(F)(F)c1cc([B-](c2cc(C(F)(F)F)cc(C(F)(F)F)c2)(c2cc(C(F)(F)F)cc(C(F)(F)F)c2)c2cc(C(F)(F)F)cc(C(F)(F)F)c2)cc(C(F)(F)F)c1.Sc1c[n+](Cc2ccccc2)cc2ccccc12. The Balaban J connectivity index is 0.000000421. The second kappa shape index (κ2) is 19.9. The highest BCUT2D eigenvalue weighted by Crippen LogP contribution is 2.41. The third-order valence-electron chi connectivity index (χ3n) is 11.5. The number of pyridine rings is 1. The molecule has 6 aromatic carbocycles. The molecule has 0 amide bonds. The van der Waals surface area contributed by atoms with Crippen LogP contribution in [0.4, 0.5) is 105 Å². The summed E-state index contributed by atoms with van der Waals surface area (Å²) in [6.07, 6.45) is -50.6. The molecule has 400 valence electrons. The van der Waals surface area contributed by atoms with Gasteiger partial charge in [0.25, 0.3) is 0 Å². The number of nitrogens with zero attached hydrogens (tertiary/aromatic N) is 1. The molecule has 0 fully saturated rings. The molecule has 0 unspecified atom stereocenters. The zero-order valence-corrected chi connectivity index (χ0v) is 37.4. The minimum atomic E-state index is -6.13. The lowest BCUT2D eigenvalue weighted by atomic mass is 9.12. The van der Waals surface area contributed by atoms with Gasteiger partial charge in [-0.05, 0) is 30.3 Å². The predicted molar refractivity (Wildman–Crippen MR) is 227 cm³/mol. The molecule has 0 radical (unpaired) electrons. The van der Waals surface area contributed by atoms with Crippen molar-refractivity contribution in [3.05, 3.63) is 190 Å². The van der Waals surface area contributed by atoms with Crippen LogP contribution in [0.15, 0.2) is 145 Å². The number of thiol groups is 1. The fraction of sp³-hybridized carbons (Fsp3) is 0.188. The maximum absolute atomic E-state index is 14.2. The lowest BCUT2D eigenvalue weighted by Gasteiger charge is -2.46. The Labute approximate surface area is 411 Å². The normalized spacial score (nSPS) is 13.5. The van der Waals surface area contributed by atoms with Crippen molar-refractivity contribution in [1.82, 2.24) is 0 Å². The van der Waals surface area contributed by atoms with E-state index in [1.165, 1.54) is 16.3 Å².